The minimum Gasteiger partial charge on any atom is -0.193 e. The molecule has 0 N–H and O–H groups in total. The van der Waals surface area contributed by atoms with E-state index < -0.39 is 0 Å². The maximum atomic E-state index is 8.80. The molecule has 2 nitrogen and oxygen atoms in total. The number of nitrogens with zero attached hydrogens (tertiary/aromatic N) is 2. The molecule has 1 saturated carbocycles. The Labute approximate surface area is 85.2 Å². The van der Waals surface area contributed by atoms with Crippen molar-refractivity contribution in [3.05, 3.63) is 23.8 Å². The van der Waals surface area contributed by atoms with Crippen molar-refractivity contribution >= 4 is 0 Å². The Morgan fingerprint density at radius 1 is 1.14 bits per heavy atom. The number of hydrogen-bond donors (Lipinski definition) is 0. The van der Waals surface area contributed by atoms with Gasteiger partial charge >= 0.3 is 0 Å². The average Bonchev–Trinajstić information content (AvgIpc) is 2.25. The van der Waals surface area contributed by atoms with Crippen molar-refractivity contribution < 1.29 is 0 Å². The van der Waals surface area contributed by atoms with Crippen molar-refractivity contribution in [1.29, 1.82) is 10.5 Å². The molecule has 1 rings (SSSR count). The average molecular weight is 186 g/mol. The van der Waals surface area contributed by atoms with Crippen LogP contribution in [0, 0.1) is 28.6 Å². The van der Waals surface area contributed by atoms with Crippen LogP contribution >= 0.6 is 0 Å². The second kappa shape index (κ2) is 6.00. The molecule has 0 unspecified atom stereocenters. The van der Waals surface area contributed by atoms with E-state index >= 15 is 0 Å². The molecule has 1 aliphatic rings. The number of hydrogen-bond acceptors (Lipinski definition) is 2. The summed E-state index contributed by atoms with van der Waals surface area (Å²) in [6.45, 7) is 0. The van der Waals surface area contributed by atoms with Crippen molar-refractivity contribution in [1.82, 2.24) is 0 Å². The van der Waals surface area contributed by atoms with Gasteiger partial charge in [0.05, 0.1) is 12.1 Å². The summed E-state index contributed by atoms with van der Waals surface area (Å²) in [4.78, 5) is 0. The highest BCUT2D eigenvalue weighted by Gasteiger charge is 2.10. The molecular weight excluding hydrogens is 172 g/mol. The normalized spacial score (nSPS) is 19.1. The third-order valence-corrected chi connectivity index (χ3v) is 2.53. The minimum atomic E-state index is 0.543. The first-order valence-electron chi connectivity index (χ1n) is 5.05. The molecule has 0 aromatic carbocycles. The van der Waals surface area contributed by atoms with Gasteiger partial charge in [-0.05, 0) is 24.8 Å². The highest BCUT2D eigenvalue weighted by atomic mass is 14.3. The van der Waals surface area contributed by atoms with Gasteiger partial charge in [-0.25, -0.2) is 0 Å². The summed E-state index contributed by atoms with van der Waals surface area (Å²) in [5.41, 5.74) is 0.624. The molecule has 0 aromatic rings. The lowest BCUT2D eigenvalue weighted by atomic mass is 9.88. The van der Waals surface area contributed by atoms with E-state index in [0.717, 1.165) is 0 Å². The predicted molar refractivity (Wildman–Crippen MR) is 55.0 cm³/mol. The van der Waals surface area contributed by atoms with Gasteiger partial charge in [0.2, 0.25) is 0 Å². The quantitative estimate of drug-likeness (QED) is 0.491. The lowest BCUT2D eigenvalue weighted by Gasteiger charge is -2.17. The van der Waals surface area contributed by atoms with Crippen LogP contribution in [-0.4, -0.2) is 0 Å². The van der Waals surface area contributed by atoms with E-state index in [0.29, 0.717) is 11.5 Å². The second-order valence-electron chi connectivity index (χ2n) is 3.59. The highest BCUT2D eigenvalue weighted by Crippen LogP contribution is 2.25. The first kappa shape index (κ1) is 10.5. The van der Waals surface area contributed by atoms with Crippen molar-refractivity contribution in [3.63, 3.8) is 0 Å². The summed E-state index contributed by atoms with van der Waals surface area (Å²) in [6.07, 6.45) is 11.2. The minimum absolute atomic E-state index is 0.543. The molecule has 2 heteroatoms. The van der Waals surface area contributed by atoms with Gasteiger partial charge in [-0.1, -0.05) is 25.3 Å². The second-order valence-corrected chi connectivity index (χ2v) is 3.59. The van der Waals surface area contributed by atoms with Crippen LogP contribution in [0.4, 0.5) is 0 Å². The van der Waals surface area contributed by atoms with Crippen LogP contribution in [0.5, 0.6) is 0 Å². The number of rotatable bonds is 2. The van der Waals surface area contributed by atoms with Gasteiger partial charge in [0, 0.05) is 11.6 Å². The molecule has 72 valence electrons. The van der Waals surface area contributed by atoms with Gasteiger partial charge in [0.25, 0.3) is 0 Å². The monoisotopic (exact) mass is 186 g/mol. The molecule has 1 aliphatic carbocycles. The molecule has 1 fully saturated rings. The van der Waals surface area contributed by atoms with Crippen LogP contribution in [-0.2, 0) is 0 Å². The van der Waals surface area contributed by atoms with E-state index in [1.807, 2.05) is 12.1 Å². The van der Waals surface area contributed by atoms with Crippen LogP contribution in [0.1, 0.15) is 32.1 Å². The van der Waals surface area contributed by atoms with E-state index in [1.54, 1.807) is 6.08 Å². The van der Waals surface area contributed by atoms with Crippen molar-refractivity contribution in [2.24, 2.45) is 5.92 Å². The van der Waals surface area contributed by atoms with Crippen LogP contribution in [0.3, 0.4) is 0 Å². The fourth-order valence-corrected chi connectivity index (χ4v) is 1.81. The van der Waals surface area contributed by atoms with E-state index in [2.05, 4.69) is 6.07 Å². The zero-order chi connectivity index (χ0) is 10.2. The van der Waals surface area contributed by atoms with E-state index in [4.69, 9.17) is 10.5 Å². The first-order valence-corrected chi connectivity index (χ1v) is 5.05. The zero-order valence-corrected chi connectivity index (χ0v) is 8.24. The third kappa shape index (κ3) is 3.46. The zero-order valence-electron chi connectivity index (χ0n) is 8.24. The summed E-state index contributed by atoms with van der Waals surface area (Å²) in [5.74, 6) is 0.543. The van der Waals surface area contributed by atoms with Crippen LogP contribution in [0.15, 0.2) is 23.8 Å². The van der Waals surface area contributed by atoms with Gasteiger partial charge in [0.1, 0.15) is 0 Å². The fourth-order valence-electron chi connectivity index (χ4n) is 1.81. The summed E-state index contributed by atoms with van der Waals surface area (Å²) in [6, 6.07) is 4.00. The maximum Gasteiger partial charge on any atom is 0.0988 e. The van der Waals surface area contributed by atoms with E-state index in [-0.39, 0.29) is 0 Å². The van der Waals surface area contributed by atoms with Gasteiger partial charge in [-0.3, -0.25) is 0 Å². The molecule has 0 bridgehead atoms. The molecule has 0 saturated heterocycles. The Morgan fingerprint density at radius 3 is 2.43 bits per heavy atom. The summed E-state index contributed by atoms with van der Waals surface area (Å²) < 4.78 is 0. The summed E-state index contributed by atoms with van der Waals surface area (Å²) in [7, 11) is 0. The molecule has 0 atom stereocenters. The SMILES string of the molecule is N#C/C=C/C(C#N)=C\C1CCCCC1. The topological polar surface area (TPSA) is 47.6 Å². The van der Waals surface area contributed by atoms with Crippen LogP contribution in [0.25, 0.3) is 0 Å². The van der Waals surface area contributed by atoms with Crippen LogP contribution in [0.2, 0.25) is 0 Å². The molecule has 0 spiro atoms. The molecule has 0 heterocycles. The van der Waals surface area contributed by atoms with Gasteiger partial charge in [-0.2, -0.15) is 10.5 Å². The van der Waals surface area contributed by atoms with Crippen LogP contribution < -0.4 is 0 Å². The molecule has 0 aliphatic heterocycles. The summed E-state index contributed by atoms with van der Waals surface area (Å²) in [5, 5.41) is 17.1. The van der Waals surface area contributed by atoms with Gasteiger partial charge in [-0.15, -0.1) is 0 Å². The highest BCUT2D eigenvalue weighted by molar-refractivity contribution is 5.35. The Bertz CT molecular complexity index is 306. The lowest BCUT2D eigenvalue weighted by molar-refractivity contribution is 0.419. The predicted octanol–water partition coefficient (Wildman–Crippen LogP) is 3.10. The number of allylic oxidation sites excluding steroid dienone is 4. The lowest BCUT2D eigenvalue weighted by Crippen LogP contribution is -2.03. The smallest absolute Gasteiger partial charge is 0.0988 e. The van der Waals surface area contributed by atoms with Gasteiger partial charge < -0.3 is 0 Å². The standard InChI is InChI=1S/C12H14N2/c13-8-4-7-12(10-14)9-11-5-2-1-3-6-11/h4,7,9,11H,1-3,5-6H2/b7-4+,12-9+. The van der Waals surface area contributed by atoms with Crippen molar-refractivity contribution in [2.75, 3.05) is 0 Å². The Balaban J connectivity index is 2.59. The fraction of sp³-hybridized carbons (Fsp3) is 0.500. The Hall–Kier alpha value is -1.54. The van der Waals surface area contributed by atoms with Crippen molar-refractivity contribution in [3.8, 4) is 12.1 Å². The molecular formula is C12H14N2. The molecule has 0 aromatic heterocycles. The van der Waals surface area contributed by atoms with Crippen molar-refractivity contribution in [2.45, 2.75) is 32.1 Å². The molecule has 0 amide bonds. The number of nitriles is 2. The third-order valence-electron chi connectivity index (χ3n) is 2.53. The van der Waals surface area contributed by atoms with Gasteiger partial charge in [0.15, 0.2) is 0 Å². The maximum absolute atomic E-state index is 8.80. The summed E-state index contributed by atoms with van der Waals surface area (Å²) >= 11 is 0. The Kier molecular flexibility index (Phi) is 4.51. The largest absolute Gasteiger partial charge is 0.193 e. The van der Waals surface area contributed by atoms with E-state index in [1.165, 1.54) is 38.2 Å². The molecule has 0 radical (unpaired) electrons. The Morgan fingerprint density at radius 2 is 1.86 bits per heavy atom. The van der Waals surface area contributed by atoms with E-state index in [9.17, 15) is 0 Å². The first-order chi connectivity index (χ1) is 6.86. The molecule has 14 heavy (non-hydrogen) atoms.